The molecule has 4 rings (SSSR count). The van der Waals surface area contributed by atoms with Gasteiger partial charge in [0.1, 0.15) is 6.04 Å². The zero-order chi connectivity index (χ0) is 14.9. The maximum atomic E-state index is 5.97. The Morgan fingerprint density at radius 3 is 2.59 bits per heavy atom. The lowest BCUT2D eigenvalue weighted by Crippen LogP contribution is -2.20. The quantitative estimate of drug-likeness (QED) is 0.788. The van der Waals surface area contributed by atoms with Gasteiger partial charge in [0.15, 0.2) is 0 Å². The zero-order valence-corrected chi connectivity index (χ0v) is 12.1. The van der Waals surface area contributed by atoms with E-state index in [1.807, 2.05) is 36.4 Å². The summed E-state index contributed by atoms with van der Waals surface area (Å²) in [5.74, 6) is 0.606. The summed E-state index contributed by atoms with van der Waals surface area (Å²) >= 11 is 5.97. The summed E-state index contributed by atoms with van der Waals surface area (Å²) < 4.78 is 1.74. The molecule has 6 nitrogen and oxygen atoms in total. The highest BCUT2D eigenvalue weighted by molar-refractivity contribution is 6.30. The summed E-state index contributed by atoms with van der Waals surface area (Å²) in [6, 6.07) is 11.5. The third-order valence-electron chi connectivity index (χ3n) is 3.53. The van der Waals surface area contributed by atoms with Crippen LogP contribution in [0.3, 0.4) is 0 Å². The minimum atomic E-state index is -0.0910. The molecule has 0 spiro atoms. The molecule has 1 aromatic carbocycles. The number of fused-ring (bicyclic) bond motifs is 1. The van der Waals surface area contributed by atoms with Crippen LogP contribution in [0, 0.1) is 0 Å². The average Bonchev–Trinajstić information content (AvgIpc) is 3.04. The van der Waals surface area contributed by atoms with Gasteiger partial charge in [-0.05, 0) is 46.3 Å². The number of tetrazole rings is 1. The molecule has 3 aromatic rings. The van der Waals surface area contributed by atoms with E-state index in [-0.39, 0.29) is 6.04 Å². The van der Waals surface area contributed by atoms with Crippen LogP contribution < -0.4 is 5.32 Å². The Morgan fingerprint density at radius 2 is 1.82 bits per heavy atom. The van der Waals surface area contributed by atoms with Crippen LogP contribution in [0.2, 0.25) is 5.02 Å². The van der Waals surface area contributed by atoms with Gasteiger partial charge in [-0.15, -0.1) is 0 Å². The van der Waals surface area contributed by atoms with Crippen LogP contribution in [0.25, 0.3) is 5.70 Å². The number of allylic oxidation sites excluding steroid dienone is 1. The van der Waals surface area contributed by atoms with Crippen molar-refractivity contribution in [1.82, 2.24) is 25.2 Å². The van der Waals surface area contributed by atoms with E-state index in [2.05, 4.69) is 31.9 Å². The summed E-state index contributed by atoms with van der Waals surface area (Å²) in [6.07, 6.45) is 5.60. The molecule has 0 saturated heterocycles. The van der Waals surface area contributed by atoms with Crippen LogP contribution in [0.5, 0.6) is 0 Å². The summed E-state index contributed by atoms with van der Waals surface area (Å²) in [4.78, 5) is 4.05. The maximum absolute atomic E-state index is 5.97. The Bertz CT molecular complexity index is 825. The van der Waals surface area contributed by atoms with E-state index >= 15 is 0 Å². The van der Waals surface area contributed by atoms with Crippen molar-refractivity contribution in [3.8, 4) is 0 Å². The van der Waals surface area contributed by atoms with Gasteiger partial charge in [-0.3, -0.25) is 4.98 Å². The van der Waals surface area contributed by atoms with E-state index in [1.54, 1.807) is 17.1 Å². The number of hydrogen-bond donors (Lipinski definition) is 1. The van der Waals surface area contributed by atoms with Crippen molar-refractivity contribution < 1.29 is 0 Å². The molecule has 1 atom stereocenters. The van der Waals surface area contributed by atoms with Crippen LogP contribution in [0.1, 0.15) is 17.2 Å². The van der Waals surface area contributed by atoms with E-state index in [0.717, 1.165) is 16.8 Å². The van der Waals surface area contributed by atoms with Gasteiger partial charge < -0.3 is 5.32 Å². The monoisotopic (exact) mass is 310 g/mol. The molecule has 0 amide bonds. The van der Waals surface area contributed by atoms with E-state index in [4.69, 9.17) is 11.6 Å². The Labute approximate surface area is 131 Å². The number of nitrogens with one attached hydrogen (secondary N) is 1. The number of pyridine rings is 1. The Morgan fingerprint density at radius 1 is 1.05 bits per heavy atom. The van der Waals surface area contributed by atoms with Crippen LogP contribution in [0.15, 0.2) is 54.9 Å². The lowest BCUT2D eigenvalue weighted by atomic mass is 10.0. The molecular formula is C15H11ClN6. The molecule has 0 radical (unpaired) electrons. The first-order chi connectivity index (χ1) is 10.8. The van der Waals surface area contributed by atoms with E-state index in [0.29, 0.717) is 11.0 Å². The average molecular weight is 311 g/mol. The molecule has 0 bridgehead atoms. The Kier molecular flexibility index (Phi) is 3.08. The minimum absolute atomic E-state index is 0.0910. The fourth-order valence-corrected chi connectivity index (χ4v) is 2.58. The van der Waals surface area contributed by atoms with E-state index in [9.17, 15) is 0 Å². The number of aromatic nitrogens is 5. The van der Waals surface area contributed by atoms with Crippen LogP contribution in [-0.4, -0.2) is 25.2 Å². The van der Waals surface area contributed by atoms with Gasteiger partial charge in [0.25, 0.3) is 0 Å². The first-order valence-corrected chi connectivity index (χ1v) is 7.11. The van der Waals surface area contributed by atoms with Crippen LogP contribution >= 0.6 is 11.6 Å². The van der Waals surface area contributed by atoms with Crippen LogP contribution in [-0.2, 0) is 0 Å². The normalized spacial score (nSPS) is 16.6. The molecule has 1 aliphatic heterocycles. The molecule has 22 heavy (non-hydrogen) atoms. The topological polar surface area (TPSA) is 68.5 Å². The summed E-state index contributed by atoms with van der Waals surface area (Å²) in [5, 5.41) is 15.8. The number of benzene rings is 1. The fraction of sp³-hybridized carbons (Fsp3) is 0.0667. The summed E-state index contributed by atoms with van der Waals surface area (Å²) in [5.41, 5.74) is 3.04. The number of nitrogens with zero attached hydrogens (tertiary/aromatic N) is 5. The van der Waals surface area contributed by atoms with Crippen molar-refractivity contribution in [1.29, 1.82) is 0 Å². The zero-order valence-electron chi connectivity index (χ0n) is 11.4. The van der Waals surface area contributed by atoms with Crippen molar-refractivity contribution in [2.24, 2.45) is 0 Å². The van der Waals surface area contributed by atoms with Crippen molar-refractivity contribution in [3.63, 3.8) is 0 Å². The molecule has 0 fully saturated rings. The Hall–Kier alpha value is -2.73. The molecule has 7 heteroatoms. The first-order valence-electron chi connectivity index (χ1n) is 6.74. The third-order valence-corrected chi connectivity index (χ3v) is 3.78. The highest BCUT2D eigenvalue weighted by atomic mass is 35.5. The molecule has 0 unspecified atom stereocenters. The molecule has 0 saturated carbocycles. The molecule has 1 aliphatic rings. The van der Waals surface area contributed by atoms with Crippen molar-refractivity contribution >= 4 is 23.2 Å². The highest BCUT2D eigenvalue weighted by Gasteiger charge is 2.24. The molecular weight excluding hydrogens is 300 g/mol. The highest BCUT2D eigenvalue weighted by Crippen LogP contribution is 2.31. The number of anilines is 1. The maximum Gasteiger partial charge on any atom is 0.248 e. The first kappa shape index (κ1) is 13.0. The van der Waals surface area contributed by atoms with Crippen molar-refractivity contribution in [3.05, 3.63) is 71.0 Å². The van der Waals surface area contributed by atoms with Gasteiger partial charge in [-0.25, -0.2) is 0 Å². The molecule has 108 valence electrons. The van der Waals surface area contributed by atoms with Gasteiger partial charge in [0.05, 0.1) is 0 Å². The molecule has 2 aromatic heterocycles. The predicted molar refractivity (Wildman–Crippen MR) is 83.2 cm³/mol. The SMILES string of the molecule is Clc1ccc([C@@H]2C=C(c3ccncc3)Nc3nnnn32)cc1. The van der Waals surface area contributed by atoms with Gasteiger partial charge >= 0.3 is 0 Å². The summed E-state index contributed by atoms with van der Waals surface area (Å²) in [7, 11) is 0. The van der Waals surface area contributed by atoms with E-state index in [1.165, 1.54) is 0 Å². The molecule has 0 aliphatic carbocycles. The largest absolute Gasteiger partial charge is 0.323 e. The summed E-state index contributed by atoms with van der Waals surface area (Å²) in [6.45, 7) is 0. The lowest BCUT2D eigenvalue weighted by molar-refractivity contribution is 0.586. The second kappa shape index (κ2) is 5.23. The second-order valence-electron chi connectivity index (χ2n) is 4.88. The number of hydrogen-bond acceptors (Lipinski definition) is 5. The predicted octanol–water partition coefficient (Wildman–Crippen LogP) is 2.78. The number of rotatable bonds is 2. The minimum Gasteiger partial charge on any atom is -0.323 e. The van der Waals surface area contributed by atoms with Gasteiger partial charge in [0.2, 0.25) is 5.95 Å². The standard InChI is InChI=1S/C15H11ClN6/c16-12-3-1-11(2-4-12)14-9-13(10-5-7-17-8-6-10)18-15-19-20-21-22(14)15/h1-9,14H,(H,18,19,21)/t14-/m0/s1. The second-order valence-corrected chi connectivity index (χ2v) is 5.32. The Balaban J connectivity index is 1.81. The smallest absolute Gasteiger partial charge is 0.248 e. The van der Waals surface area contributed by atoms with Crippen molar-refractivity contribution in [2.45, 2.75) is 6.04 Å². The fourth-order valence-electron chi connectivity index (χ4n) is 2.45. The van der Waals surface area contributed by atoms with Crippen LogP contribution in [0.4, 0.5) is 5.95 Å². The van der Waals surface area contributed by atoms with Gasteiger partial charge in [-0.1, -0.05) is 28.8 Å². The number of halogens is 1. The van der Waals surface area contributed by atoms with E-state index < -0.39 is 0 Å². The van der Waals surface area contributed by atoms with Gasteiger partial charge in [-0.2, -0.15) is 4.68 Å². The van der Waals surface area contributed by atoms with Crippen molar-refractivity contribution in [2.75, 3.05) is 5.32 Å². The third kappa shape index (κ3) is 2.23. The molecule has 1 N–H and O–H groups in total. The lowest BCUT2D eigenvalue weighted by Gasteiger charge is -2.23. The molecule has 3 heterocycles. The van der Waals surface area contributed by atoms with Gasteiger partial charge in [0, 0.05) is 28.7 Å².